The summed E-state index contributed by atoms with van der Waals surface area (Å²) in [5, 5.41) is 0. The lowest BCUT2D eigenvalue weighted by molar-refractivity contribution is 0.312. The Morgan fingerprint density at radius 2 is 1.90 bits per heavy atom. The van der Waals surface area contributed by atoms with E-state index in [9.17, 15) is 0 Å². The molecule has 0 radical (unpaired) electrons. The zero-order chi connectivity index (χ0) is 14.4. The molecular formula is C16H19BrN2O. The highest BCUT2D eigenvalue weighted by molar-refractivity contribution is 9.10. The Morgan fingerprint density at radius 3 is 2.60 bits per heavy atom. The van der Waals surface area contributed by atoms with Crippen molar-refractivity contribution in [3.8, 4) is 5.75 Å². The van der Waals surface area contributed by atoms with E-state index in [0.717, 1.165) is 34.6 Å². The molecule has 0 heterocycles. The van der Waals surface area contributed by atoms with E-state index in [0.29, 0.717) is 6.61 Å². The molecular weight excluding hydrogens is 316 g/mol. The van der Waals surface area contributed by atoms with Gasteiger partial charge in [0.05, 0.1) is 18.0 Å². The van der Waals surface area contributed by atoms with E-state index < -0.39 is 0 Å². The molecule has 0 saturated carbocycles. The third-order valence-electron chi connectivity index (χ3n) is 3.05. The summed E-state index contributed by atoms with van der Waals surface area (Å²) in [6, 6.07) is 15.8. The predicted molar refractivity (Wildman–Crippen MR) is 88.4 cm³/mol. The average molecular weight is 335 g/mol. The first-order valence-corrected chi connectivity index (χ1v) is 7.40. The standard InChI is InChI=1S/C16H19BrN2O/c1-19(16-9-8-13(17)12-15(16)18)10-5-11-20-14-6-3-2-4-7-14/h2-4,6-9,12H,5,10-11,18H2,1H3. The molecule has 106 valence electrons. The normalized spacial score (nSPS) is 10.3. The molecule has 0 amide bonds. The van der Waals surface area contributed by atoms with Gasteiger partial charge in [-0.2, -0.15) is 0 Å². The Balaban J connectivity index is 1.79. The van der Waals surface area contributed by atoms with Gasteiger partial charge in [0, 0.05) is 18.1 Å². The topological polar surface area (TPSA) is 38.5 Å². The van der Waals surface area contributed by atoms with Crippen LogP contribution in [0.2, 0.25) is 0 Å². The van der Waals surface area contributed by atoms with Gasteiger partial charge in [-0.25, -0.2) is 0 Å². The number of halogens is 1. The number of rotatable bonds is 6. The third-order valence-corrected chi connectivity index (χ3v) is 3.54. The van der Waals surface area contributed by atoms with Crippen molar-refractivity contribution in [3.63, 3.8) is 0 Å². The van der Waals surface area contributed by atoms with Gasteiger partial charge in [-0.3, -0.25) is 0 Å². The fourth-order valence-electron chi connectivity index (χ4n) is 2.00. The van der Waals surface area contributed by atoms with Crippen LogP contribution in [0.15, 0.2) is 53.0 Å². The minimum Gasteiger partial charge on any atom is -0.494 e. The van der Waals surface area contributed by atoms with Crippen LogP contribution in [0, 0.1) is 0 Å². The molecule has 2 rings (SSSR count). The molecule has 0 spiro atoms. The Labute approximate surface area is 128 Å². The molecule has 0 atom stereocenters. The second kappa shape index (κ2) is 7.20. The van der Waals surface area contributed by atoms with Gasteiger partial charge in [0.2, 0.25) is 0 Å². The summed E-state index contributed by atoms with van der Waals surface area (Å²) in [4.78, 5) is 2.15. The predicted octanol–water partition coefficient (Wildman–Crippen LogP) is 3.94. The van der Waals surface area contributed by atoms with E-state index in [-0.39, 0.29) is 0 Å². The highest BCUT2D eigenvalue weighted by atomic mass is 79.9. The number of nitrogen functional groups attached to an aromatic ring is 1. The van der Waals surface area contributed by atoms with Crippen LogP contribution in [-0.4, -0.2) is 20.2 Å². The molecule has 0 aliphatic rings. The first-order valence-electron chi connectivity index (χ1n) is 6.61. The molecule has 0 aliphatic carbocycles. The molecule has 2 N–H and O–H groups in total. The Hall–Kier alpha value is -1.68. The van der Waals surface area contributed by atoms with Crippen LogP contribution in [-0.2, 0) is 0 Å². The lowest BCUT2D eigenvalue weighted by atomic mass is 10.2. The highest BCUT2D eigenvalue weighted by Gasteiger charge is 2.05. The maximum Gasteiger partial charge on any atom is 0.119 e. The first-order chi connectivity index (χ1) is 9.66. The maximum absolute atomic E-state index is 6.01. The van der Waals surface area contributed by atoms with E-state index in [1.807, 2.05) is 55.6 Å². The van der Waals surface area contributed by atoms with Gasteiger partial charge in [-0.1, -0.05) is 34.1 Å². The summed E-state index contributed by atoms with van der Waals surface area (Å²) < 4.78 is 6.68. The molecule has 0 aliphatic heterocycles. The van der Waals surface area contributed by atoms with Gasteiger partial charge in [-0.15, -0.1) is 0 Å². The maximum atomic E-state index is 6.01. The smallest absolute Gasteiger partial charge is 0.119 e. The highest BCUT2D eigenvalue weighted by Crippen LogP contribution is 2.25. The number of ether oxygens (including phenoxy) is 1. The van der Waals surface area contributed by atoms with Gasteiger partial charge in [0.15, 0.2) is 0 Å². The fourth-order valence-corrected chi connectivity index (χ4v) is 2.38. The Morgan fingerprint density at radius 1 is 1.15 bits per heavy atom. The SMILES string of the molecule is CN(CCCOc1ccccc1)c1ccc(Br)cc1N. The molecule has 20 heavy (non-hydrogen) atoms. The second-order valence-electron chi connectivity index (χ2n) is 4.64. The van der Waals surface area contributed by atoms with Gasteiger partial charge in [0.1, 0.15) is 5.75 Å². The van der Waals surface area contributed by atoms with Crippen molar-refractivity contribution in [2.45, 2.75) is 6.42 Å². The van der Waals surface area contributed by atoms with Crippen LogP contribution in [0.25, 0.3) is 0 Å². The van der Waals surface area contributed by atoms with Crippen molar-refractivity contribution in [1.29, 1.82) is 0 Å². The summed E-state index contributed by atoms with van der Waals surface area (Å²) in [5.74, 6) is 0.915. The summed E-state index contributed by atoms with van der Waals surface area (Å²) in [7, 11) is 2.04. The van der Waals surface area contributed by atoms with Crippen molar-refractivity contribution in [2.75, 3.05) is 30.8 Å². The van der Waals surface area contributed by atoms with Crippen LogP contribution in [0.5, 0.6) is 5.75 Å². The second-order valence-corrected chi connectivity index (χ2v) is 5.56. The molecule has 0 aromatic heterocycles. The number of para-hydroxylation sites is 1. The number of hydrogen-bond acceptors (Lipinski definition) is 3. The number of nitrogens with zero attached hydrogens (tertiary/aromatic N) is 1. The molecule has 0 unspecified atom stereocenters. The molecule has 0 fully saturated rings. The first kappa shape index (κ1) is 14.7. The summed E-state index contributed by atoms with van der Waals surface area (Å²) in [6.45, 7) is 1.60. The number of anilines is 2. The van der Waals surface area contributed by atoms with E-state index in [1.54, 1.807) is 0 Å². The van der Waals surface area contributed by atoms with Gasteiger partial charge in [-0.05, 0) is 36.8 Å². The van der Waals surface area contributed by atoms with Crippen molar-refractivity contribution >= 4 is 27.3 Å². The Kier molecular flexibility index (Phi) is 5.30. The Bertz CT molecular complexity index is 545. The van der Waals surface area contributed by atoms with E-state index in [1.165, 1.54) is 0 Å². The molecule has 3 nitrogen and oxygen atoms in total. The molecule has 0 bridgehead atoms. The van der Waals surface area contributed by atoms with Crippen LogP contribution in [0.4, 0.5) is 11.4 Å². The lowest BCUT2D eigenvalue weighted by Gasteiger charge is -2.21. The molecule has 2 aromatic carbocycles. The fraction of sp³-hybridized carbons (Fsp3) is 0.250. The van der Waals surface area contributed by atoms with E-state index in [2.05, 4.69) is 20.8 Å². The zero-order valence-corrected chi connectivity index (χ0v) is 13.1. The summed E-state index contributed by atoms with van der Waals surface area (Å²) >= 11 is 3.42. The quantitative estimate of drug-likeness (QED) is 0.642. The monoisotopic (exact) mass is 334 g/mol. The van der Waals surface area contributed by atoms with Crippen molar-refractivity contribution in [3.05, 3.63) is 53.0 Å². The van der Waals surface area contributed by atoms with Crippen LogP contribution >= 0.6 is 15.9 Å². The molecule has 2 aromatic rings. The van der Waals surface area contributed by atoms with Crippen LogP contribution in [0.3, 0.4) is 0 Å². The minimum atomic E-state index is 0.699. The van der Waals surface area contributed by atoms with Crippen LogP contribution < -0.4 is 15.4 Å². The largest absolute Gasteiger partial charge is 0.494 e. The summed E-state index contributed by atoms with van der Waals surface area (Å²) in [5.41, 5.74) is 7.85. The minimum absolute atomic E-state index is 0.699. The lowest BCUT2D eigenvalue weighted by Crippen LogP contribution is -2.21. The van der Waals surface area contributed by atoms with E-state index >= 15 is 0 Å². The van der Waals surface area contributed by atoms with E-state index in [4.69, 9.17) is 10.5 Å². The zero-order valence-electron chi connectivity index (χ0n) is 11.6. The number of benzene rings is 2. The molecule has 4 heteroatoms. The number of hydrogen-bond donors (Lipinski definition) is 1. The summed E-state index contributed by atoms with van der Waals surface area (Å²) in [6.07, 6.45) is 0.945. The van der Waals surface area contributed by atoms with Gasteiger partial charge >= 0.3 is 0 Å². The number of nitrogens with two attached hydrogens (primary N) is 1. The van der Waals surface area contributed by atoms with Gasteiger partial charge in [0.25, 0.3) is 0 Å². The van der Waals surface area contributed by atoms with Gasteiger partial charge < -0.3 is 15.4 Å². The van der Waals surface area contributed by atoms with Crippen LogP contribution in [0.1, 0.15) is 6.42 Å². The van der Waals surface area contributed by atoms with Crippen molar-refractivity contribution < 1.29 is 4.74 Å². The molecule has 0 saturated heterocycles. The average Bonchev–Trinajstić information content (AvgIpc) is 2.44. The third kappa shape index (κ3) is 4.17. The van der Waals surface area contributed by atoms with Crippen molar-refractivity contribution in [1.82, 2.24) is 0 Å². The van der Waals surface area contributed by atoms with Crippen molar-refractivity contribution in [2.24, 2.45) is 0 Å².